The Kier molecular flexibility index (Phi) is 7.20. The number of nitrogens with zero attached hydrogens (tertiary/aromatic N) is 7. The van der Waals surface area contributed by atoms with Gasteiger partial charge in [-0.25, -0.2) is 14.8 Å². The SMILES string of the molecule is C[C@H]1CC[C@H](Cn2c(N3CCOC[C@H]3c3ccncc3)nc3nc(-c4noc(=O)[nH]4)nc(-c4cccc(Cl)c4)c32)CC1. The minimum atomic E-state index is -0.677. The number of nitrogens with one attached hydrogen (secondary N) is 1. The van der Waals surface area contributed by atoms with E-state index < -0.39 is 5.76 Å². The topological polar surface area (TPSA) is 128 Å². The third-order valence-corrected chi connectivity index (χ3v) is 8.62. The first-order valence-corrected chi connectivity index (χ1v) is 14.8. The fourth-order valence-electron chi connectivity index (χ4n) is 6.16. The number of H-pyrrole nitrogens is 1. The van der Waals surface area contributed by atoms with Crippen LogP contribution in [0.1, 0.15) is 44.2 Å². The third-order valence-electron chi connectivity index (χ3n) is 8.39. The first kappa shape index (κ1) is 26.8. The van der Waals surface area contributed by atoms with Crippen LogP contribution in [-0.2, 0) is 11.3 Å². The van der Waals surface area contributed by atoms with Crippen LogP contribution in [0.3, 0.4) is 0 Å². The summed E-state index contributed by atoms with van der Waals surface area (Å²) in [6, 6.07) is 11.6. The van der Waals surface area contributed by atoms with Gasteiger partial charge in [0.1, 0.15) is 11.2 Å². The summed E-state index contributed by atoms with van der Waals surface area (Å²) in [5.41, 5.74) is 3.92. The molecule has 12 heteroatoms. The van der Waals surface area contributed by atoms with Crippen LogP contribution < -0.4 is 10.7 Å². The second-order valence-corrected chi connectivity index (χ2v) is 11.7. The van der Waals surface area contributed by atoms with Gasteiger partial charge in [0.2, 0.25) is 17.6 Å². The molecule has 2 aliphatic rings. The molecule has 1 saturated heterocycles. The summed E-state index contributed by atoms with van der Waals surface area (Å²) in [5.74, 6) is 1.74. The lowest BCUT2D eigenvalue weighted by atomic mass is 9.83. The molecule has 5 aromatic rings. The minimum absolute atomic E-state index is 0.0439. The first-order chi connectivity index (χ1) is 20.5. The maximum Gasteiger partial charge on any atom is 0.439 e. The molecule has 0 radical (unpaired) electrons. The Hall–Kier alpha value is -4.09. The Balaban J connectivity index is 1.45. The van der Waals surface area contributed by atoms with E-state index in [1.54, 1.807) is 0 Å². The zero-order chi connectivity index (χ0) is 28.6. The number of anilines is 1. The zero-order valence-corrected chi connectivity index (χ0v) is 24.0. The van der Waals surface area contributed by atoms with Gasteiger partial charge in [-0.1, -0.05) is 48.7 Å². The zero-order valence-electron chi connectivity index (χ0n) is 23.2. The van der Waals surface area contributed by atoms with Crippen molar-refractivity contribution >= 4 is 28.7 Å². The van der Waals surface area contributed by atoms with Gasteiger partial charge in [0, 0.05) is 36.1 Å². The van der Waals surface area contributed by atoms with Gasteiger partial charge in [-0.3, -0.25) is 14.5 Å². The van der Waals surface area contributed by atoms with Crippen molar-refractivity contribution in [2.75, 3.05) is 24.7 Å². The van der Waals surface area contributed by atoms with Gasteiger partial charge >= 0.3 is 5.76 Å². The quantitative estimate of drug-likeness (QED) is 0.282. The van der Waals surface area contributed by atoms with Crippen LogP contribution in [0.25, 0.3) is 34.1 Å². The van der Waals surface area contributed by atoms with Crippen molar-refractivity contribution in [2.45, 2.75) is 45.2 Å². The van der Waals surface area contributed by atoms with Crippen LogP contribution in [0, 0.1) is 11.8 Å². The number of halogens is 1. The number of hydrogen-bond donors (Lipinski definition) is 1. The van der Waals surface area contributed by atoms with E-state index in [4.69, 9.17) is 35.8 Å². The van der Waals surface area contributed by atoms with Crippen LogP contribution in [-0.4, -0.2) is 54.4 Å². The van der Waals surface area contributed by atoms with Crippen molar-refractivity contribution in [1.29, 1.82) is 0 Å². The lowest BCUT2D eigenvalue weighted by molar-refractivity contribution is 0.0927. The number of benzene rings is 1. The first-order valence-electron chi connectivity index (χ1n) is 14.4. The summed E-state index contributed by atoms with van der Waals surface area (Å²) < 4.78 is 13.0. The molecule has 4 aromatic heterocycles. The summed E-state index contributed by atoms with van der Waals surface area (Å²) in [7, 11) is 0. The van der Waals surface area contributed by atoms with Gasteiger partial charge in [-0.05, 0) is 54.5 Å². The van der Waals surface area contributed by atoms with Crippen LogP contribution in [0.2, 0.25) is 5.02 Å². The molecule has 0 spiro atoms. The molecule has 1 aromatic carbocycles. The molecule has 0 unspecified atom stereocenters. The number of aromatic nitrogens is 7. The lowest BCUT2D eigenvalue weighted by Crippen LogP contribution is -2.41. The van der Waals surface area contributed by atoms with Crippen molar-refractivity contribution in [3.63, 3.8) is 0 Å². The van der Waals surface area contributed by atoms with Crippen LogP contribution in [0.4, 0.5) is 5.95 Å². The van der Waals surface area contributed by atoms with Gasteiger partial charge in [0.15, 0.2) is 5.65 Å². The van der Waals surface area contributed by atoms with E-state index in [2.05, 4.69) is 31.5 Å². The number of hydrogen-bond acceptors (Lipinski definition) is 9. The molecular formula is C30H31ClN8O3. The van der Waals surface area contributed by atoms with Gasteiger partial charge < -0.3 is 14.2 Å². The Bertz CT molecular complexity index is 1760. The molecule has 1 atom stereocenters. The van der Waals surface area contributed by atoms with E-state index in [-0.39, 0.29) is 17.7 Å². The van der Waals surface area contributed by atoms with Crippen LogP contribution in [0.15, 0.2) is 58.1 Å². The highest BCUT2D eigenvalue weighted by Crippen LogP contribution is 2.38. The average Bonchev–Trinajstić information content (AvgIpc) is 3.62. The molecule has 0 amide bonds. The van der Waals surface area contributed by atoms with Crippen molar-refractivity contribution in [2.24, 2.45) is 11.8 Å². The van der Waals surface area contributed by atoms with E-state index in [9.17, 15) is 4.79 Å². The van der Waals surface area contributed by atoms with Crippen molar-refractivity contribution in [3.05, 3.63) is 69.9 Å². The van der Waals surface area contributed by atoms with Crippen LogP contribution in [0.5, 0.6) is 0 Å². The molecular weight excluding hydrogens is 556 g/mol. The summed E-state index contributed by atoms with van der Waals surface area (Å²) in [4.78, 5) is 35.8. The maximum atomic E-state index is 11.8. The number of rotatable bonds is 6. The third kappa shape index (κ3) is 5.18. The van der Waals surface area contributed by atoms with E-state index in [1.807, 2.05) is 48.8 Å². The normalized spacial score (nSPS) is 21.2. The molecule has 0 bridgehead atoms. The number of aromatic amines is 1. The molecule has 216 valence electrons. The highest BCUT2D eigenvalue weighted by molar-refractivity contribution is 6.30. The Morgan fingerprint density at radius 3 is 2.67 bits per heavy atom. The Labute approximate surface area is 246 Å². The average molecular weight is 587 g/mol. The number of fused-ring (bicyclic) bond motifs is 1. The Morgan fingerprint density at radius 1 is 1.07 bits per heavy atom. The highest BCUT2D eigenvalue weighted by atomic mass is 35.5. The number of morpholine rings is 1. The molecule has 1 saturated carbocycles. The van der Waals surface area contributed by atoms with Gasteiger partial charge in [-0.15, -0.1) is 0 Å². The highest BCUT2D eigenvalue weighted by Gasteiger charge is 2.32. The second kappa shape index (κ2) is 11.3. The molecule has 2 fully saturated rings. The van der Waals surface area contributed by atoms with Crippen molar-refractivity contribution in [1.82, 2.24) is 34.6 Å². The van der Waals surface area contributed by atoms with Gasteiger partial charge in [0.25, 0.3) is 0 Å². The van der Waals surface area contributed by atoms with Crippen molar-refractivity contribution in [3.8, 4) is 22.9 Å². The molecule has 11 nitrogen and oxygen atoms in total. The predicted molar refractivity (Wildman–Crippen MR) is 158 cm³/mol. The Morgan fingerprint density at radius 2 is 1.90 bits per heavy atom. The monoisotopic (exact) mass is 586 g/mol. The minimum Gasteiger partial charge on any atom is -0.377 e. The van der Waals surface area contributed by atoms with Gasteiger partial charge in [0.05, 0.1) is 19.3 Å². The summed E-state index contributed by atoms with van der Waals surface area (Å²) in [5, 5.41) is 4.45. The fraction of sp³-hybridized carbons (Fsp3) is 0.400. The van der Waals surface area contributed by atoms with Gasteiger partial charge in [-0.2, -0.15) is 4.98 Å². The molecule has 7 rings (SSSR count). The van der Waals surface area contributed by atoms with Crippen molar-refractivity contribution < 1.29 is 9.26 Å². The summed E-state index contributed by atoms with van der Waals surface area (Å²) in [6.45, 7) is 4.91. The second-order valence-electron chi connectivity index (χ2n) is 11.2. The largest absolute Gasteiger partial charge is 0.439 e. The number of pyridine rings is 1. The standard InChI is InChI=1S/C30H31ClN8O3/c1-18-5-7-19(8-6-18)16-39-25-24(21-3-2-4-22(31)15-21)33-27(28-36-30(40)42-37-28)34-26(25)35-29(39)38-13-14-41-17-23(38)20-9-11-32-12-10-20/h2-4,9-12,15,18-19,23H,5-8,13-14,16-17H2,1H3,(H,36,37,40)/t18-,19-,23-/m0/s1. The van der Waals surface area contributed by atoms with E-state index >= 15 is 0 Å². The van der Waals surface area contributed by atoms with E-state index in [0.717, 1.165) is 47.9 Å². The molecule has 1 aliphatic carbocycles. The number of imidazole rings is 1. The summed E-state index contributed by atoms with van der Waals surface area (Å²) in [6.07, 6.45) is 8.35. The smallest absolute Gasteiger partial charge is 0.377 e. The summed E-state index contributed by atoms with van der Waals surface area (Å²) >= 11 is 6.46. The maximum absolute atomic E-state index is 11.8. The van der Waals surface area contributed by atoms with E-state index in [0.29, 0.717) is 42.0 Å². The van der Waals surface area contributed by atoms with E-state index in [1.165, 1.54) is 12.8 Å². The molecule has 1 aliphatic heterocycles. The van der Waals surface area contributed by atoms with Crippen LogP contribution >= 0.6 is 11.6 Å². The predicted octanol–water partition coefficient (Wildman–Crippen LogP) is 5.29. The molecule has 1 N–H and O–H groups in total. The molecule has 5 heterocycles. The molecule has 42 heavy (non-hydrogen) atoms. The lowest BCUT2D eigenvalue weighted by Gasteiger charge is -2.37. The fourth-order valence-corrected chi connectivity index (χ4v) is 6.35. The number of ether oxygens (including phenoxy) is 1.